The molecule has 0 unspecified atom stereocenters. The average Bonchev–Trinajstić information content (AvgIpc) is 2.73. The monoisotopic (exact) mass is 248 g/mol. The number of nitrogen functional groups attached to an aromatic ring is 1. The van der Waals surface area contributed by atoms with Gasteiger partial charge in [-0.1, -0.05) is 19.3 Å². The van der Waals surface area contributed by atoms with Gasteiger partial charge in [0.25, 0.3) is 0 Å². The molecule has 1 saturated carbocycles. The van der Waals surface area contributed by atoms with E-state index < -0.39 is 0 Å². The van der Waals surface area contributed by atoms with Crippen molar-refractivity contribution in [2.45, 2.75) is 25.7 Å². The highest BCUT2D eigenvalue weighted by molar-refractivity contribution is 7.16. The fraction of sp³-hybridized carbons (Fsp3) is 0.462. The maximum atomic E-state index is 6.05. The first-order chi connectivity index (χ1) is 8.34. The van der Waals surface area contributed by atoms with E-state index in [0.717, 1.165) is 34.9 Å². The molecule has 3 nitrogen and oxygen atoms in total. The highest BCUT2D eigenvalue weighted by atomic mass is 32.1. The van der Waals surface area contributed by atoms with Crippen LogP contribution < -0.4 is 10.5 Å². The molecule has 0 radical (unpaired) electrons. The highest BCUT2D eigenvalue weighted by Crippen LogP contribution is 2.33. The van der Waals surface area contributed by atoms with E-state index in [4.69, 9.17) is 10.5 Å². The molecule has 1 aromatic heterocycles. The third-order valence-electron chi connectivity index (χ3n) is 3.51. The maximum Gasteiger partial charge on any atom is 0.144 e. The summed E-state index contributed by atoms with van der Waals surface area (Å²) in [4.78, 5) is 4.26. The summed E-state index contributed by atoms with van der Waals surface area (Å²) in [6.45, 7) is 0.768. The third-order valence-corrected chi connectivity index (χ3v) is 4.30. The zero-order chi connectivity index (χ0) is 11.7. The molecule has 90 valence electrons. The van der Waals surface area contributed by atoms with E-state index in [2.05, 4.69) is 4.98 Å². The van der Waals surface area contributed by atoms with E-state index in [-0.39, 0.29) is 0 Å². The van der Waals surface area contributed by atoms with Crippen LogP contribution in [0.25, 0.3) is 10.2 Å². The van der Waals surface area contributed by atoms with Crippen LogP contribution in [0.3, 0.4) is 0 Å². The van der Waals surface area contributed by atoms with Gasteiger partial charge in [-0.15, -0.1) is 11.3 Å². The average molecular weight is 248 g/mol. The third kappa shape index (κ3) is 2.09. The van der Waals surface area contributed by atoms with Crippen LogP contribution in [0.15, 0.2) is 17.6 Å². The van der Waals surface area contributed by atoms with E-state index in [1.54, 1.807) is 11.3 Å². The maximum absolute atomic E-state index is 6.05. The Hall–Kier alpha value is -1.29. The number of ether oxygens (including phenoxy) is 1. The van der Waals surface area contributed by atoms with Crippen molar-refractivity contribution < 1.29 is 4.74 Å². The van der Waals surface area contributed by atoms with Gasteiger partial charge in [0.1, 0.15) is 17.0 Å². The Morgan fingerprint density at radius 1 is 1.41 bits per heavy atom. The number of hydrogen-bond donors (Lipinski definition) is 1. The van der Waals surface area contributed by atoms with Crippen molar-refractivity contribution >= 4 is 27.2 Å². The van der Waals surface area contributed by atoms with Crippen LogP contribution in [0.4, 0.5) is 5.69 Å². The Morgan fingerprint density at radius 2 is 2.29 bits per heavy atom. The van der Waals surface area contributed by atoms with Gasteiger partial charge < -0.3 is 10.5 Å². The zero-order valence-electron chi connectivity index (χ0n) is 9.69. The molecule has 1 aromatic carbocycles. The number of hydrogen-bond acceptors (Lipinski definition) is 4. The zero-order valence-corrected chi connectivity index (χ0v) is 10.5. The summed E-state index contributed by atoms with van der Waals surface area (Å²) in [5, 5.41) is 0. The van der Waals surface area contributed by atoms with Gasteiger partial charge in [-0.05, 0) is 24.5 Å². The molecule has 2 N–H and O–H groups in total. The highest BCUT2D eigenvalue weighted by Gasteiger charge is 2.17. The van der Waals surface area contributed by atoms with Crippen molar-refractivity contribution in [3.05, 3.63) is 17.6 Å². The van der Waals surface area contributed by atoms with Crippen molar-refractivity contribution in [3.8, 4) is 5.75 Å². The smallest absolute Gasteiger partial charge is 0.144 e. The molecule has 2 aromatic rings. The van der Waals surface area contributed by atoms with Crippen LogP contribution in [0.2, 0.25) is 0 Å². The van der Waals surface area contributed by atoms with Gasteiger partial charge >= 0.3 is 0 Å². The molecule has 0 aliphatic heterocycles. The second kappa shape index (κ2) is 4.53. The van der Waals surface area contributed by atoms with Gasteiger partial charge in [-0.2, -0.15) is 0 Å². The molecule has 0 bridgehead atoms. The van der Waals surface area contributed by atoms with Gasteiger partial charge in [0, 0.05) is 0 Å². The lowest BCUT2D eigenvalue weighted by molar-refractivity contribution is 0.223. The van der Waals surface area contributed by atoms with Gasteiger partial charge in [0.05, 0.1) is 16.8 Å². The molecule has 1 fully saturated rings. The van der Waals surface area contributed by atoms with Gasteiger partial charge in [-0.3, -0.25) is 0 Å². The number of benzene rings is 1. The lowest BCUT2D eigenvalue weighted by Gasteiger charge is -2.25. The van der Waals surface area contributed by atoms with Gasteiger partial charge in [-0.25, -0.2) is 4.98 Å². The molecule has 1 aliphatic rings. The second-order valence-corrected chi connectivity index (χ2v) is 5.50. The summed E-state index contributed by atoms with van der Waals surface area (Å²) >= 11 is 1.61. The van der Waals surface area contributed by atoms with E-state index in [1.807, 2.05) is 17.6 Å². The molecular weight excluding hydrogens is 232 g/mol. The largest absolute Gasteiger partial charge is 0.491 e. The predicted molar refractivity (Wildman–Crippen MR) is 71.5 cm³/mol. The minimum absolute atomic E-state index is 0.678. The summed E-state index contributed by atoms with van der Waals surface area (Å²) in [7, 11) is 0. The molecular formula is C13H16N2OS. The second-order valence-electron chi connectivity index (χ2n) is 4.61. The van der Waals surface area contributed by atoms with Crippen LogP contribution in [0.5, 0.6) is 5.75 Å². The summed E-state index contributed by atoms with van der Waals surface area (Å²) < 4.78 is 6.88. The van der Waals surface area contributed by atoms with Crippen LogP contribution >= 0.6 is 11.3 Å². The molecule has 17 heavy (non-hydrogen) atoms. The Bertz CT molecular complexity index is 519. The normalized spacial score (nSPS) is 16.0. The summed E-state index contributed by atoms with van der Waals surface area (Å²) in [5.41, 5.74) is 9.41. The Kier molecular flexibility index (Phi) is 2.89. The number of anilines is 1. The first-order valence-corrected chi connectivity index (χ1v) is 6.97. The molecule has 0 saturated heterocycles. The van der Waals surface area contributed by atoms with E-state index >= 15 is 0 Å². The van der Waals surface area contributed by atoms with Crippen molar-refractivity contribution in [2.75, 3.05) is 12.3 Å². The summed E-state index contributed by atoms with van der Waals surface area (Å²) in [5.74, 6) is 1.65. The SMILES string of the molecule is Nc1c(OCCC2CCC2)ccc2scnc12. The molecule has 4 heteroatoms. The number of aromatic nitrogens is 1. The van der Waals surface area contributed by atoms with Gasteiger partial charge in [0.2, 0.25) is 0 Å². The fourth-order valence-electron chi connectivity index (χ4n) is 2.18. The molecule has 3 rings (SSSR count). The van der Waals surface area contributed by atoms with Crippen LogP contribution in [0, 0.1) is 5.92 Å². The van der Waals surface area contributed by atoms with Crippen molar-refractivity contribution in [1.82, 2.24) is 4.98 Å². The van der Waals surface area contributed by atoms with Gasteiger partial charge in [0.15, 0.2) is 0 Å². The number of nitrogens with zero attached hydrogens (tertiary/aromatic N) is 1. The summed E-state index contributed by atoms with van der Waals surface area (Å²) in [6.07, 6.45) is 5.26. The van der Waals surface area contributed by atoms with E-state index in [9.17, 15) is 0 Å². The standard InChI is InChI=1S/C13H16N2OS/c14-12-10(16-7-6-9-2-1-3-9)4-5-11-13(12)15-8-17-11/h4-5,8-9H,1-3,6-7,14H2. The Balaban J connectivity index is 1.68. The fourth-order valence-corrected chi connectivity index (χ4v) is 2.87. The molecule has 1 aliphatic carbocycles. The number of rotatable bonds is 4. The summed E-state index contributed by atoms with van der Waals surface area (Å²) in [6, 6.07) is 3.98. The lowest BCUT2D eigenvalue weighted by Crippen LogP contribution is -2.14. The topological polar surface area (TPSA) is 48.1 Å². The van der Waals surface area contributed by atoms with Crippen molar-refractivity contribution in [3.63, 3.8) is 0 Å². The first-order valence-electron chi connectivity index (χ1n) is 6.09. The lowest BCUT2D eigenvalue weighted by atomic mass is 9.83. The van der Waals surface area contributed by atoms with Crippen LogP contribution in [0.1, 0.15) is 25.7 Å². The Labute approximate surface area is 105 Å². The van der Waals surface area contributed by atoms with E-state index in [0.29, 0.717) is 5.69 Å². The molecule has 1 heterocycles. The molecule has 0 spiro atoms. The van der Waals surface area contributed by atoms with Crippen molar-refractivity contribution in [2.24, 2.45) is 5.92 Å². The molecule has 0 atom stereocenters. The molecule has 0 amide bonds. The van der Waals surface area contributed by atoms with Crippen LogP contribution in [-0.4, -0.2) is 11.6 Å². The predicted octanol–water partition coefficient (Wildman–Crippen LogP) is 3.45. The van der Waals surface area contributed by atoms with Crippen LogP contribution in [-0.2, 0) is 0 Å². The quantitative estimate of drug-likeness (QED) is 0.843. The van der Waals surface area contributed by atoms with Crippen molar-refractivity contribution in [1.29, 1.82) is 0 Å². The first kappa shape index (κ1) is 10.8. The minimum atomic E-state index is 0.678. The number of nitrogens with two attached hydrogens (primary N) is 1. The number of fused-ring (bicyclic) bond motifs is 1. The Morgan fingerprint density at radius 3 is 3.06 bits per heavy atom. The minimum Gasteiger partial charge on any atom is -0.491 e. The number of thiazole rings is 1. The van der Waals surface area contributed by atoms with E-state index in [1.165, 1.54) is 19.3 Å².